The molecule has 1 aromatic carbocycles. The molecule has 0 radical (unpaired) electrons. The Balaban J connectivity index is 2.55. The molecule has 1 aliphatic rings. The molecule has 1 saturated carbocycles. The van der Waals surface area contributed by atoms with Crippen LogP contribution in [-0.2, 0) is 10.9 Å². The molecule has 0 amide bonds. The van der Waals surface area contributed by atoms with Crippen LogP contribution < -0.4 is 4.90 Å². The molecule has 6 heteroatoms. The molecule has 3 nitrogen and oxygen atoms in total. The lowest BCUT2D eigenvalue weighted by atomic mass is 9.79. The average molecular weight is 371 g/mol. The van der Waals surface area contributed by atoms with E-state index in [-0.39, 0.29) is 11.6 Å². The molecule has 26 heavy (non-hydrogen) atoms. The van der Waals surface area contributed by atoms with Crippen LogP contribution in [0.5, 0.6) is 0 Å². The Morgan fingerprint density at radius 2 is 1.77 bits per heavy atom. The zero-order valence-corrected chi connectivity index (χ0v) is 16.1. The maximum absolute atomic E-state index is 13.4. The van der Waals surface area contributed by atoms with E-state index < -0.39 is 17.7 Å². The highest BCUT2D eigenvalue weighted by Crippen LogP contribution is 2.39. The second kappa shape index (κ2) is 7.89. The van der Waals surface area contributed by atoms with Crippen molar-refractivity contribution in [3.63, 3.8) is 0 Å². The Bertz CT molecular complexity index is 647. The lowest BCUT2D eigenvalue weighted by Gasteiger charge is -2.41. The molecule has 1 aliphatic carbocycles. The van der Waals surface area contributed by atoms with Gasteiger partial charge in [-0.25, -0.2) is 4.79 Å². The highest BCUT2D eigenvalue weighted by Gasteiger charge is 2.35. The minimum absolute atomic E-state index is 0.0207. The Kier molecular flexibility index (Phi) is 6.25. The van der Waals surface area contributed by atoms with Crippen LogP contribution in [0.1, 0.15) is 61.5 Å². The summed E-state index contributed by atoms with van der Waals surface area (Å²) in [5.41, 5.74) is 0.188. The minimum Gasteiger partial charge on any atom is -0.465 e. The predicted octanol–water partition coefficient (Wildman–Crippen LogP) is 5.45. The lowest BCUT2D eigenvalue weighted by molar-refractivity contribution is -0.137. The van der Waals surface area contributed by atoms with Crippen LogP contribution in [0, 0.1) is 18.8 Å². The van der Waals surface area contributed by atoms with E-state index in [4.69, 9.17) is 4.74 Å². The Morgan fingerprint density at radius 1 is 1.19 bits per heavy atom. The van der Waals surface area contributed by atoms with Gasteiger partial charge in [0, 0.05) is 18.3 Å². The van der Waals surface area contributed by atoms with Crippen molar-refractivity contribution in [1.82, 2.24) is 0 Å². The molecule has 0 aliphatic heterocycles. The highest BCUT2D eigenvalue weighted by molar-refractivity contribution is 5.93. The summed E-state index contributed by atoms with van der Waals surface area (Å²) < 4.78 is 44.9. The molecule has 3 atom stereocenters. The van der Waals surface area contributed by atoms with E-state index in [1.807, 2.05) is 11.8 Å². The Morgan fingerprint density at radius 3 is 2.23 bits per heavy atom. The number of carbonyl (C=O) groups excluding carboxylic acids is 1. The summed E-state index contributed by atoms with van der Waals surface area (Å²) in [6, 6.07) is 2.24. The van der Waals surface area contributed by atoms with Gasteiger partial charge in [-0.2, -0.15) is 13.2 Å². The number of benzene rings is 1. The van der Waals surface area contributed by atoms with E-state index in [0.29, 0.717) is 29.6 Å². The first-order chi connectivity index (χ1) is 12.1. The molecule has 1 unspecified atom stereocenters. The fourth-order valence-electron chi connectivity index (χ4n) is 4.27. The van der Waals surface area contributed by atoms with Crippen LogP contribution in [0.15, 0.2) is 12.1 Å². The number of nitrogens with zero attached hydrogens (tertiary/aromatic N) is 1. The van der Waals surface area contributed by atoms with Crippen LogP contribution in [0.3, 0.4) is 0 Å². The van der Waals surface area contributed by atoms with Crippen molar-refractivity contribution in [2.75, 3.05) is 18.6 Å². The standard InChI is InChI=1S/C20H28F3NO2/c1-6-24(16-8-12(2)7-13(3)9-16)18-11-15(20(21,22)23)10-17(14(18)4)19(25)26-5/h10-13,16H,6-9H2,1-5H3/t12-,13+,16?. The van der Waals surface area contributed by atoms with Crippen molar-refractivity contribution in [2.45, 2.75) is 59.2 Å². The summed E-state index contributed by atoms with van der Waals surface area (Å²) in [6.45, 7) is 8.61. The zero-order valence-electron chi connectivity index (χ0n) is 16.1. The van der Waals surface area contributed by atoms with Crippen LogP contribution in [-0.4, -0.2) is 25.7 Å². The number of hydrogen-bond donors (Lipinski definition) is 0. The summed E-state index contributed by atoms with van der Waals surface area (Å²) in [6.07, 6.45) is -1.48. The first kappa shape index (κ1) is 20.6. The van der Waals surface area contributed by atoms with Crippen molar-refractivity contribution in [2.24, 2.45) is 11.8 Å². The van der Waals surface area contributed by atoms with Gasteiger partial charge >= 0.3 is 12.1 Å². The van der Waals surface area contributed by atoms with Gasteiger partial charge in [-0.3, -0.25) is 0 Å². The molecule has 2 rings (SSSR count). The quantitative estimate of drug-likeness (QED) is 0.659. The van der Waals surface area contributed by atoms with Crippen LogP contribution in [0.2, 0.25) is 0 Å². The predicted molar refractivity (Wildman–Crippen MR) is 96.5 cm³/mol. The Labute approximate surface area is 153 Å². The number of esters is 1. The number of carbonyl (C=O) groups is 1. The van der Waals surface area contributed by atoms with Gasteiger partial charge in [0.1, 0.15) is 0 Å². The number of alkyl halides is 3. The van der Waals surface area contributed by atoms with Gasteiger partial charge in [0.25, 0.3) is 0 Å². The van der Waals surface area contributed by atoms with E-state index in [2.05, 4.69) is 13.8 Å². The third kappa shape index (κ3) is 4.33. The van der Waals surface area contributed by atoms with E-state index in [9.17, 15) is 18.0 Å². The molecule has 0 N–H and O–H groups in total. The van der Waals surface area contributed by atoms with Gasteiger partial charge in [0.05, 0.1) is 18.2 Å². The topological polar surface area (TPSA) is 29.5 Å². The maximum atomic E-state index is 13.4. The lowest BCUT2D eigenvalue weighted by Crippen LogP contribution is -2.41. The molecule has 146 valence electrons. The largest absolute Gasteiger partial charge is 0.465 e. The molecule has 0 bridgehead atoms. The van der Waals surface area contributed by atoms with Crippen molar-refractivity contribution in [3.8, 4) is 0 Å². The number of hydrogen-bond acceptors (Lipinski definition) is 3. The summed E-state index contributed by atoms with van der Waals surface area (Å²) in [5.74, 6) is 0.323. The van der Waals surface area contributed by atoms with E-state index in [1.54, 1.807) is 6.92 Å². The SMILES string of the molecule is CCN(c1cc(C(F)(F)F)cc(C(=O)OC)c1C)C1C[C@@H](C)C[C@@H](C)C1. The fraction of sp³-hybridized carbons (Fsp3) is 0.650. The van der Waals surface area contributed by atoms with Gasteiger partial charge in [0.2, 0.25) is 0 Å². The zero-order chi connectivity index (χ0) is 19.6. The molecule has 1 fully saturated rings. The summed E-state index contributed by atoms with van der Waals surface area (Å²) in [7, 11) is 1.18. The van der Waals surface area contributed by atoms with Crippen molar-refractivity contribution in [3.05, 3.63) is 28.8 Å². The average Bonchev–Trinajstić information content (AvgIpc) is 2.54. The fourth-order valence-corrected chi connectivity index (χ4v) is 4.27. The van der Waals surface area contributed by atoms with Gasteiger partial charge in [-0.1, -0.05) is 13.8 Å². The highest BCUT2D eigenvalue weighted by atomic mass is 19.4. The number of rotatable bonds is 4. The summed E-state index contributed by atoms with van der Waals surface area (Å²) in [5, 5.41) is 0. The van der Waals surface area contributed by atoms with Crippen LogP contribution in [0.4, 0.5) is 18.9 Å². The second-order valence-electron chi connectivity index (χ2n) is 7.51. The number of methoxy groups -OCH3 is 1. The van der Waals surface area contributed by atoms with Crippen LogP contribution >= 0.6 is 0 Å². The Hall–Kier alpha value is -1.72. The van der Waals surface area contributed by atoms with Gasteiger partial charge < -0.3 is 9.64 Å². The maximum Gasteiger partial charge on any atom is 0.416 e. The number of anilines is 1. The van der Waals surface area contributed by atoms with E-state index >= 15 is 0 Å². The first-order valence-corrected chi connectivity index (χ1v) is 9.15. The molecular weight excluding hydrogens is 343 g/mol. The minimum atomic E-state index is -4.52. The molecule has 1 aromatic rings. The van der Waals surface area contributed by atoms with Crippen molar-refractivity contribution in [1.29, 1.82) is 0 Å². The van der Waals surface area contributed by atoms with Crippen molar-refractivity contribution < 1.29 is 22.7 Å². The van der Waals surface area contributed by atoms with Gasteiger partial charge in [-0.15, -0.1) is 0 Å². The molecular formula is C20H28F3NO2. The molecule has 0 aromatic heterocycles. The number of halogens is 3. The first-order valence-electron chi connectivity index (χ1n) is 9.15. The molecule has 0 saturated heterocycles. The second-order valence-corrected chi connectivity index (χ2v) is 7.51. The van der Waals surface area contributed by atoms with E-state index in [0.717, 1.165) is 25.3 Å². The molecule has 0 spiro atoms. The van der Waals surface area contributed by atoms with E-state index in [1.165, 1.54) is 13.2 Å². The van der Waals surface area contributed by atoms with Crippen LogP contribution in [0.25, 0.3) is 0 Å². The number of ether oxygens (including phenoxy) is 1. The normalized spacial score (nSPS) is 23.6. The third-order valence-corrected chi connectivity index (χ3v) is 5.36. The summed E-state index contributed by atoms with van der Waals surface area (Å²) in [4.78, 5) is 14.1. The summed E-state index contributed by atoms with van der Waals surface area (Å²) >= 11 is 0. The van der Waals surface area contributed by atoms with Gasteiger partial charge in [-0.05, 0) is 62.6 Å². The monoisotopic (exact) mass is 371 g/mol. The molecule has 0 heterocycles. The smallest absolute Gasteiger partial charge is 0.416 e. The van der Waals surface area contributed by atoms with Gasteiger partial charge in [0.15, 0.2) is 0 Å². The van der Waals surface area contributed by atoms with Crippen molar-refractivity contribution >= 4 is 11.7 Å². The third-order valence-electron chi connectivity index (χ3n) is 5.36.